The Labute approximate surface area is 160 Å². The summed E-state index contributed by atoms with van der Waals surface area (Å²) in [4.78, 5) is 22.3. The van der Waals surface area contributed by atoms with E-state index in [4.69, 9.17) is 9.15 Å². The predicted molar refractivity (Wildman–Crippen MR) is 100 cm³/mol. The lowest BCUT2D eigenvalue weighted by Gasteiger charge is -2.06. The molecule has 9 nitrogen and oxygen atoms in total. The second kappa shape index (κ2) is 9.26. The number of carbonyl (C=O) groups is 1. The molecule has 0 radical (unpaired) electrons. The first-order valence-electron chi connectivity index (χ1n) is 8.64. The molecule has 0 bridgehead atoms. The average molecular weight is 382 g/mol. The largest absolute Gasteiger partial charge is 0.456 e. The van der Waals surface area contributed by atoms with Gasteiger partial charge >= 0.3 is 5.97 Å². The molecule has 1 aromatic heterocycles. The highest BCUT2D eigenvalue weighted by Gasteiger charge is 2.13. The Bertz CT molecular complexity index is 942. The van der Waals surface area contributed by atoms with Crippen LogP contribution in [0.1, 0.15) is 18.7 Å². The van der Waals surface area contributed by atoms with Gasteiger partial charge in [0.15, 0.2) is 6.61 Å². The van der Waals surface area contributed by atoms with Gasteiger partial charge in [0.25, 0.3) is 11.6 Å². The topological polar surface area (TPSA) is 120 Å². The first-order valence-corrected chi connectivity index (χ1v) is 8.64. The van der Waals surface area contributed by atoms with Crippen molar-refractivity contribution in [3.8, 4) is 11.5 Å². The number of nitrogens with one attached hydrogen (secondary N) is 1. The molecule has 0 atom stereocenters. The monoisotopic (exact) mass is 382 g/mol. The van der Waals surface area contributed by atoms with E-state index in [-0.39, 0.29) is 24.6 Å². The van der Waals surface area contributed by atoms with Crippen LogP contribution in [0.2, 0.25) is 0 Å². The summed E-state index contributed by atoms with van der Waals surface area (Å²) in [6, 6.07) is 15.6. The van der Waals surface area contributed by atoms with E-state index in [2.05, 4.69) is 15.5 Å². The number of nitro benzene ring substituents is 1. The summed E-state index contributed by atoms with van der Waals surface area (Å²) in [6.07, 6.45) is 0.622. The van der Waals surface area contributed by atoms with Gasteiger partial charge in [-0.2, -0.15) is 0 Å². The van der Waals surface area contributed by atoms with E-state index in [1.54, 1.807) is 18.2 Å². The third-order valence-electron chi connectivity index (χ3n) is 3.82. The summed E-state index contributed by atoms with van der Waals surface area (Å²) in [5.74, 6) is 0.161. The van der Waals surface area contributed by atoms with Crippen LogP contribution < -0.4 is 5.32 Å². The summed E-state index contributed by atoms with van der Waals surface area (Å²) in [6.45, 7) is 0.301. The normalized spacial score (nSPS) is 10.4. The standard InChI is InChI=1S/C19H18N4O5/c24-18(11-6-12-20-15-9-4-5-10-16(15)23(25)26)27-13-17-21-22-19(28-17)14-7-2-1-3-8-14/h1-5,7-10,20H,6,11-13H2. The van der Waals surface area contributed by atoms with Crippen molar-refractivity contribution in [2.24, 2.45) is 0 Å². The summed E-state index contributed by atoms with van der Waals surface area (Å²) >= 11 is 0. The van der Waals surface area contributed by atoms with E-state index in [1.807, 2.05) is 30.3 Å². The van der Waals surface area contributed by atoms with Crippen molar-refractivity contribution in [2.75, 3.05) is 11.9 Å². The number of aromatic nitrogens is 2. The Morgan fingerprint density at radius 3 is 2.64 bits per heavy atom. The third-order valence-corrected chi connectivity index (χ3v) is 3.82. The maximum Gasteiger partial charge on any atom is 0.306 e. The molecule has 0 amide bonds. The molecule has 28 heavy (non-hydrogen) atoms. The molecule has 144 valence electrons. The van der Waals surface area contributed by atoms with Gasteiger partial charge in [-0.05, 0) is 24.6 Å². The molecule has 1 heterocycles. The van der Waals surface area contributed by atoms with Crippen LogP contribution in [-0.2, 0) is 16.1 Å². The predicted octanol–water partition coefficient (Wildman–Crippen LogP) is 3.58. The molecule has 2 aromatic carbocycles. The van der Waals surface area contributed by atoms with Crippen molar-refractivity contribution >= 4 is 17.3 Å². The van der Waals surface area contributed by atoms with Gasteiger partial charge in [-0.25, -0.2) is 0 Å². The minimum Gasteiger partial charge on any atom is -0.456 e. The summed E-state index contributed by atoms with van der Waals surface area (Å²) in [7, 11) is 0. The number of anilines is 1. The molecule has 0 aliphatic rings. The summed E-state index contributed by atoms with van der Waals surface area (Å²) < 4.78 is 10.6. The summed E-state index contributed by atoms with van der Waals surface area (Å²) in [5.41, 5.74) is 1.20. The Balaban J connectivity index is 1.40. The SMILES string of the molecule is O=C(CCCNc1ccccc1[N+](=O)[O-])OCc1nnc(-c2ccccc2)o1. The number of esters is 1. The fourth-order valence-corrected chi connectivity index (χ4v) is 2.46. The van der Waals surface area contributed by atoms with E-state index >= 15 is 0 Å². The van der Waals surface area contributed by atoms with E-state index in [0.29, 0.717) is 24.5 Å². The fraction of sp³-hybridized carbons (Fsp3) is 0.211. The van der Waals surface area contributed by atoms with Crippen LogP contribution in [0.25, 0.3) is 11.5 Å². The maximum absolute atomic E-state index is 11.8. The highest BCUT2D eigenvalue weighted by Crippen LogP contribution is 2.23. The minimum absolute atomic E-state index is 0.00399. The fourth-order valence-electron chi connectivity index (χ4n) is 2.46. The molecule has 3 aromatic rings. The van der Waals surface area contributed by atoms with Crippen LogP contribution >= 0.6 is 0 Å². The molecule has 1 N–H and O–H groups in total. The quantitative estimate of drug-likeness (QED) is 0.258. The number of nitro groups is 1. The lowest BCUT2D eigenvalue weighted by molar-refractivity contribution is -0.384. The van der Waals surface area contributed by atoms with E-state index in [9.17, 15) is 14.9 Å². The van der Waals surface area contributed by atoms with Crippen LogP contribution in [-0.4, -0.2) is 27.6 Å². The molecule has 0 unspecified atom stereocenters. The Hall–Kier alpha value is -3.75. The Morgan fingerprint density at radius 2 is 1.86 bits per heavy atom. The van der Waals surface area contributed by atoms with Crippen molar-refractivity contribution in [1.29, 1.82) is 0 Å². The number of nitrogens with zero attached hydrogens (tertiary/aromatic N) is 3. The van der Waals surface area contributed by atoms with Gasteiger partial charge in [-0.3, -0.25) is 14.9 Å². The maximum atomic E-state index is 11.8. The molecular weight excluding hydrogens is 364 g/mol. The molecule has 0 aliphatic heterocycles. The number of benzene rings is 2. The highest BCUT2D eigenvalue weighted by atomic mass is 16.6. The zero-order valence-electron chi connectivity index (χ0n) is 14.9. The van der Waals surface area contributed by atoms with Crippen molar-refractivity contribution < 1.29 is 18.9 Å². The number of hydrogen-bond donors (Lipinski definition) is 1. The molecule has 0 saturated heterocycles. The summed E-state index contributed by atoms with van der Waals surface area (Å²) in [5, 5.41) is 21.7. The highest BCUT2D eigenvalue weighted by molar-refractivity contribution is 5.69. The van der Waals surface area contributed by atoms with Crippen LogP contribution in [0.4, 0.5) is 11.4 Å². The van der Waals surface area contributed by atoms with Gasteiger partial charge < -0.3 is 14.5 Å². The molecule has 0 spiro atoms. The third kappa shape index (κ3) is 5.13. The zero-order chi connectivity index (χ0) is 19.8. The van der Waals surface area contributed by atoms with Gasteiger partial charge in [0.05, 0.1) is 4.92 Å². The van der Waals surface area contributed by atoms with Gasteiger partial charge in [0.2, 0.25) is 5.89 Å². The second-order valence-corrected chi connectivity index (χ2v) is 5.83. The molecule has 0 saturated carbocycles. The van der Waals surface area contributed by atoms with Gasteiger partial charge in [-0.1, -0.05) is 30.3 Å². The zero-order valence-corrected chi connectivity index (χ0v) is 14.9. The first-order chi connectivity index (χ1) is 13.6. The average Bonchev–Trinajstić information content (AvgIpc) is 3.20. The minimum atomic E-state index is -0.454. The van der Waals surface area contributed by atoms with E-state index < -0.39 is 10.9 Å². The lowest BCUT2D eigenvalue weighted by atomic mass is 10.2. The van der Waals surface area contributed by atoms with Crippen molar-refractivity contribution in [3.63, 3.8) is 0 Å². The van der Waals surface area contributed by atoms with E-state index in [0.717, 1.165) is 5.56 Å². The van der Waals surface area contributed by atoms with Crippen molar-refractivity contribution in [3.05, 3.63) is 70.6 Å². The van der Waals surface area contributed by atoms with Gasteiger partial charge in [0, 0.05) is 24.6 Å². The first kappa shape index (κ1) is 19.0. The van der Waals surface area contributed by atoms with Crippen molar-refractivity contribution in [2.45, 2.75) is 19.4 Å². The van der Waals surface area contributed by atoms with Gasteiger partial charge in [0.1, 0.15) is 5.69 Å². The lowest BCUT2D eigenvalue weighted by Crippen LogP contribution is -2.09. The van der Waals surface area contributed by atoms with Crippen LogP contribution in [0.5, 0.6) is 0 Å². The Morgan fingerprint density at radius 1 is 1.11 bits per heavy atom. The van der Waals surface area contributed by atoms with Crippen molar-refractivity contribution in [1.82, 2.24) is 10.2 Å². The van der Waals surface area contributed by atoms with Gasteiger partial charge in [-0.15, -0.1) is 10.2 Å². The number of hydrogen-bond acceptors (Lipinski definition) is 8. The number of ether oxygens (including phenoxy) is 1. The van der Waals surface area contributed by atoms with Crippen LogP contribution in [0, 0.1) is 10.1 Å². The number of rotatable bonds is 9. The number of carbonyl (C=O) groups excluding carboxylic acids is 1. The van der Waals surface area contributed by atoms with Crippen LogP contribution in [0.15, 0.2) is 59.0 Å². The molecule has 9 heteroatoms. The number of para-hydroxylation sites is 2. The molecule has 0 fully saturated rings. The van der Waals surface area contributed by atoms with E-state index in [1.165, 1.54) is 6.07 Å². The van der Waals surface area contributed by atoms with Crippen LogP contribution in [0.3, 0.4) is 0 Å². The second-order valence-electron chi connectivity index (χ2n) is 5.83. The Kier molecular flexibility index (Phi) is 6.29. The smallest absolute Gasteiger partial charge is 0.306 e. The molecule has 0 aliphatic carbocycles. The molecule has 3 rings (SSSR count). The molecular formula is C19H18N4O5.